The first-order chi connectivity index (χ1) is 6.36. The average molecular weight is 176 g/mol. The molecular formula is C10H13BO2. The molecule has 0 aliphatic rings. The first kappa shape index (κ1) is 10.0. The lowest BCUT2D eigenvalue weighted by molar-refractivity contribution is 0.291. The summed E-state index contributed by atoms with van der Waals surface area (Å²) in [6, 6.07) is 10.0. The van der Waals surface area contributed by atoms with Gasteiger partial charge in [0.25, 0.3) is 0 Å². The Bertz CT molecular complexity index is 255. The number of benzene rings is 1. The Hall–Kier alpha value is -1.06. The number of rotatable bonds is 4. The summed E-state index contributed by atoms with van der Waals surface area (Å²) in [7, 11) is 2.97. The van der Waals surface area contributed by atoms with Crippen molar-refractivity contribution >= 4 is 13.2 Å². The van der Waals surface area contributed by atoms with Crippen LogP contribution in [0.2, 0.25) is 0 Å². The van der Waals surface area contributed by atoms with Gasteiger partial charge in [-0.2, -0.15) is 0 Å². The van der Waals surface area contributed by atoms with Crippen LogP contribution in [-0.4, -0.2) is 21.3 Å². The molecule has 0 aliphatic carbocycles. The zero-order chi connectivity index (χ0) is 9.52. The Morgan fingerprint density at radius 3 is 2.23 bits per heavy atom. The first-order valence-corrected chi connectivity index (χ1v) is 4.15. The molecule has 0 saturated carbocycles. The lowest BCUT2D eigenvalue weighted by Crippen LogP contribution is -2.15. The summed E-state index contributed by atoms with van der Waals surface area (Å²) in [5.74, 6) is 1.87. The van der Waals surface area contributed by atoms with Gasteiger partial charge in [0.15, 0.2) is 0 Å². The van der Waals surface area contributed by atoms with Crippen molar-refractivity contribution in [3.8, 4) is 0 Å². The molecule has 0 amide bonds. The molecule has 0 aliphatic heterocycles. The van der Waals surface area contributed by atoms with Gasteiger partial charge in [0.05, 0.1) is 0 Å². The summed E-state index contributed by atoms with van der Waals surface area (Å²) in [5.41, 5.74) is 1.14. The summed E-state index contributed by atoms with van der Waals surface area (Å²) in [6.45, 7) is 0. The molecule has 68 valence electrons. The minimum Gasteiger partial charge on any atom is -0.410 e. The van der Waals surface area contributed by atoms with Gasteiger partial charge in [0.1, 0.15) is 0 Å². The molecule has 0 heterocycles. The van der Waals surface area contributed by atoms with E-state index >= 15 is 0 Å². The third-order valence-corrected chi connectivity index (χ3v) is 1.71. The fourth-order valence-electron chi connectivity index (χ4n) is 1.01. The molecule has 0 fully saturated rings. The Kier molecular flexibility index (Phi) is 4.29. The third kappa shape index (κ3) is 3.44. The van der Waals surface area contributed by atoms with Gasteiger partial charge in [-0.3, -0.25) is 0 Å². The molecule has 0 atom stereocenters. The van der Waals surface area contributed by atoms with Gasteiger partial charge < -0.3 is 9.31 Å². The third-order valence-electron chi connectivity index (χ3n) is 1.71. The fourth-order valence-corrected chi connectivity index (χ4v) is 1.01. The minimum atomic E-state index is -0.264. The van der Waals surface area contributed by atoms with Gasteiger partial charge in [0, 0.05) is 14.2 Å². The Morgan fingerprint density at radius 2 is 1.69 bits per heavy atom. The van der Waals surface area contributed by atoms with Gasteiger partial charge in [0.2, 0.25) is 0 Å². The van der Waals surface area contributed by atoms with Crippen LogP contribution in [0.3, 0.4) is 0 Å². The summed E-state index contributed by atoms with van der Waals surface area (Å²) >= 11 is 0. The molecule has 13 heavy (non-hydrogen) atoms. The van der Waals surface area contributed by atoms with Gasteiger partial charge in [-0.1, -0.05) is 42.4 Å². The second kappa shape index (κ2) is 5.57. The molecule has 0 spiro atoms. The number of hydrogen-bond acceptors (Lipinski definition) is 2. The monoisotopic (exact) mass is 176 g/mol. The molecule has 0 bridgehead atoms. The summed E-state index contributed by atoms with van der Waals surface area (Å²) in [4.78, 5) is 0. The van der Waals surface area contributed by atoms with Crippen molar-refractivity contribution in [1.82, 2.24) is 0 Å². The average Bonchev–Trinajstić information content (AvgIpc) is 2.21. The van der Waals surface area contributed by atoms with Crippen LogP contribution < -0.4 is 0 Å². The molecule has 1 aromatic carbocycles. The Morgan fingerprint density at radius 1 is 1.08 bits per heavy atom. The van der Waals surface area contributed by atoms with E-state index in [1.807, 2.05) is 42.4 Å². The van der Waals surface area contributed by atoms with E-state index in [0.29, 0.717) is 0 Å². The fraction of sp³-hybridized carbons (Fsp3) is 0.200. The SMILES string of the molecule is COB(/C=C/c1ccccc1)OC. The van der Waals surface area contributed by atoms with Crippen molar-refractivity contribution in [3.05, 3.63) is 41.9 Å². The molecule has 0 radical (unpaired) electrons. The second-order valence-corrected chi connectivity index (χ2v) is 2.61. The maximum absolute atomic E-state index is 5.01. The lowest BCUT2D eigenvalue weighted by Gasteiger charge is -2.01. The van der Waals surface area contributed by atoms with Gasteiger partial charge >= 0.3 is 7.12 Å². The Balaban J connectivity index is 2.57. The van der Waals surface area contributed by atoms with E-state index in [1.165, 1.54) is 0 Å². The van der Waals surface area contributed by atoms with Crippen molar-refractivity contribution in [2.24, 2.45) is 0 Å². The predicted octanol–water partition coefficient (Wildman–Crippen LogP) is 2.02. The zero-order valence-corrected chi connectivity index (χ0v) is 7.94. The van der Waals surface area contributed by atoms with Crippen LogP contribution in [0.1, 0.15) is 5.56 Å². The van der Waals surface area contributed by atoms with E-state index in [9.17, 15) is 0 Å². The quantitative estimate of drug-likeness (QED) is 0.653. The van der Waals surface area contributed by atoms with Crippen LogP contribution in [0.25, 0.3) is 6.08 Å². The lowest BCUT2D eigenvalue weighted by atomic mass is 9.89. The molecule has 1 rings (SSSR count). The predicted molar refractivity (Wildman–Crippen MR) is 55.2 cm³/mol. The van der Waals surface area contributed by atoms with Crippen LogP contribution in [0, 0.1) is 0 Å². The molecule has 3 heteroatoms. The number of hydrogen-bond donors (Lipinski definition) is 0. The molecule has 1 aromatic rings. The van der Waals surface area contributed by atoms with Crippen LogP contribution in [-0.2, 0) is 9.31 Å². The van der Waals surface area contributed by atoms with E-state index in [0.717, 1.165) is 5.56 Å². The molecule has 0 unspecified atom stereocenters. The largest absolute Gasteiger partial charge is 0.485 e. The highest BCUT2D eigenvalue weighted by molar-refractivity contribution is 6.51. The van der Waals surface area contributed by atoms with Crippen LogP contribution in [0.15, 0.2) is 36.3 Å². The van der Waals surface area contributed by atoms with Crippen molar-refractivity contribution < 1.29 is 9.31 Å². The van der Waals surface area contributed by atoms with Crippen molar-refractivity contribution in [1.29, 1.82) is 0 Å². The molecule has 0 saturated heterocycles. The zero-order valence-electron chi connectivity index (χ0n) is 7.94. The minimum absolute atomic E-state index is 0.264. The van der Waals surface area contributed by atoms with E-state index in [2.05, 4.69) is 0 Å². The van der Waals surface area contributed by atoms with Crippen LogP contribution in [0.5, 0.6) is 0 Å². The highest BCUT2D eigenvalue weighted by atomic mass is 16.6. The van der Waals surface area contributed by atoms with Gasteiger partial charge in [-0.15, -0.1) is 0 Å². The standard InChI is InChI=1S/C10H13BO2/c1-12-11(13-2)9-8-10-6-4-3-5-7-10/h3-9H,1-2H3/b9-8+. The van der Waals surface area contributed by atoms with E-state index in [4.69, 9.17) is 9.31 Å². The Labute approximate surface area is 79.3 Å². The molecular weight excluding hydrogens is 163 g/mol. The molecule has 0 N–H and O–H groups in total. The van der Waals surface area contributed by atoms with Crippen LogP contribution >= 0.6 is 0 Å². The van der Waals surface area contributed by atoms with Gasteiger partial charge in [-0.05, 0) is 5.56 Å². The normalized spacial score (nSPS) is 10.6. The van der Waals surface area contributed by atoms with Crippen molar-refractivity contribution in [3.63, 3.8) is 0 Å². The second-order valence-electron chi connectivity index (χ2n) is 2.61. The summed E-state index contributed by atoms with van der Waals surface area (Å²) in [5, 5.41) is 0. The van der Waals surface area contributed by atoms with E-state index < -0.39 is 0 Å². The van der Waals surface area contributed by atoms with Crippen molar-refractivity contribution in [2.75, 3.05) is 14.2 Å². The topological polar surface area (TPSA) is 18.5 Å². The molecule has 2 nitrogen and oxygen atoms in total. The summed E-state index contributed by atoms with van der Waals surface area (Å²) < 4.78 is 10.0. The van der Waals surface area contributed by atoms with Crippen molar-refractivity contribution in [2.45, 2.75) is 0 Å². The maximum atomic E-state index is 5.01. The first-order valence-electron chi connectivity index (χ1n) is 4.15. The molecule has 0 aromatic heterocycles. The van der Waals surface area contributed by atoms with E-state index in [1.54, 1.807) is 14.2 Å². The maximum Gasteiger partial charge on any atom is 0.485 e. The highest BCUT2D eigenvalue weighted by Crippen LogP contribution is 2.01. The highest BCUT2D eigenvalue weighted by Gasteiger charge is 2.07. The van der Waals surface area contributed by atoms with Gasteiger partial charge in [-0.25, -0.2) is 0 Å². The smallest absolute Gasteiger partial charge is 0.410 e. The van der Waals surface area contributed by atoms with E-state index in [-0.39, 0.29) is 7.12 Å². The summed E-state index contributed by atoms with van der Waals surface area (Å²) in [6.07, 6.45) is 1.97. The van der Waals surface area contributed by atoms with Crippen LogP contribution in [0.4, 0.5) is 0 Å².